The molecule has 0 radical (unpaired) electrons. The maximum atomic E-state index is 12.6. The average Bonchev–Trinajstić information content (AvgIpc) is 2.60. The first-order valence-corrected chi connectivity index (χ1v) is 7.10. The van der Waals surface area contributed by atoms with Gasteiger partial charge in [-0.2, -0.15) is 0 Å². The molecule has 3 nitrogen and oxygen atoms in total. The second-order valence-electron chi connectivity index (χ2n) is 7.21. The molecule has 0 bridgehead atoms. The van der Waals surface area contributed by atoms with Gasteiger partial charge >= 0.3 is 0 Å². The first kappa shape index (κ1) is 11.9. The lowest BCUT2D eigenvalue weighted by Gasteiger charge is -2.60. The summed E-state index contributed by atoms with van der Waals surface area (Å²) in [4.78, 5) is 12.6. The molecule has 0 aromatic heterocycles. The van der Waals surface area contributed by atoms with Crippen LogP contribution in [0.2, 0.25) is 0 Å². The maximum absolute atomic E-state index is 12.6. The zero-order chi connectivity index (χ0) is 13.5. The van der Waals surface area contributed by atoms with Crippen LogP contribution >= 0.6 is 0 Å². The van der Waals surface area contributed by atoms with E-state index in [-0.39, 0.29) is 22.3 Å². The van der Waals surface area contributed by atoms with Crippen molar-refractivity contribution >= 4 is 5.78 Å². The van der Waals surface area contributed by atoms with E-state index in [1.165, 1.54) is 5.57 Å². The molecule has 1 heterocycles. The van der Waals surface area contributed by atoms with Crippen molar-refractivity contribution in [3.8, 4) is 0 Å². The minimum atomic E-state index is -0.243. The van der Waals surface area contributed by atoms with E-state index in [1.54, 1.807) is 0 Å². The lowest BCUT2D eigenvalue weighted by molar-refractivity contribution is -0.244. The van der Waals surface area contributed by atoms with Gasteiger partial charge in [0.1, 0.15) is 12.4 Å². The fraction of sp³-hybridized carbons (Fsp3) is 0.688. The van der Waals surface area contributed by atoms with Gasteiger partial charge in [0, 0.05) is 16.7 Å². The molecular weight excluding hydrogens is 240 g/mol. The fourth-order valence-corrected chi connectivity index (χ4v) is 4.51. The topological polar surface area (TPSA) is 35.5 Å². The predicted octanol–water partition coefficient (Wildman–Crippen LogP) is 2.62. The number of ketones is 1. The van der Waals surface area contributed by atoms with Crippen LogP contribution in [0.4, 0.5) is 0 Å². The summed E-state index contributed by atoms with van der Waals surface area (Å²) in [6.45, 7) is 7.43. The second kappa shape index (κ2) is 3.21. The van der Waals surface area contributed by atoms with E-state index in [2.05, 4.69) is 32.9 Å². The van der Waals surface area contributed by atoms with Crippen LogP contribution in [0, 0.1) is 16.7 Å². The lowest BCUT2D eigenvalue weighted by Crippen LogP contribution is -2.63. The largest absolute Gasteiger partial charge is 0.355 e. The van der Waals surface area contributed by atoms with E-state index >= 15 is 0 Å². The zero-order valence-electron chi connectivity index (χ0n) is 11.8. The molecule has 1 saturated heterocycles. The van der Waals surface area contributed by atoms with Crippen LogP contribution in [0.1, 0.15) is 33.6 Å². The van der Waals surface area contributed by atoms with Gasteiger partial charge in [-0.15, -0.1) is 0 Å². The molecule has 0 unspecified atom stereocenters. The molecule has 1 aliphatic heterocycles. The van der Waals surface area contributed by atoms with Crippen LogP contribution in [0.3, 0.4) is 0 Å². The summed E-state index contributed by atoms with van der Waals surface area (Å²) < 4.78 is 11.5. The van der Waals surface area contributed by atoms with Gasteiger partial charge in [-0.1, -0.05) is 26.0 Å². The van der Waals surface area contributed by atoms with Crippen molar-refractivity contribution in [2.24, 2.45) is 16.7 Å². The quantitative estimate of drug-likeness (QED) is 0.628. The Hall–Kier alpha value is -0.930. The third kappa shape index (κ3) is 1.15. The third-order valence-electron chi connectivity index (χ3n) is 5.73. The van der Waals surface area contributed by atoms with Crippen molar-refractivity contribution in [2.45, 2.75) is 39.2 Å². The van der Waals surface area contributed by atoms with Crippen molar-refractivity contribution in [1.29, 1.82) is 0 Å². The van der Waals surface area contributed by atoms with E-state index in [4.69, 9.17) is 9.47 Å². The molecule has 3 atom stereocenters. The second-order valence-corrected chi connectivity index (χ2v) is 7.21. The van der Waals surface area contributed by atoms with Crippen LogP contribution in [0.25, 0.3) is 0 Å². The Morgan fingerprint density at radius 1 is 1.26 bits per heavy atom. The summed E-state index contributed by atoms with van der Waals surface area (Å²) in [6, 6.07) is 0. The highest BCUT2D eigenvalue weighted by molar-refractivity contribution is 6.03. The number of allylic oxidation sites excluding steroid dienone is 1. The maximum Gasteiger partial charge on any atom is 0.164 e. The Bertz CT molecular complexity index is 542. The van der Waals surface area contributed by atoms with Gasteiger partial charge in [0.05, 0.1) is 6.61 Å². The van der Waals surface area contributed by atoms with Crippen LogP contribution in [0.15, 0.2) is 23.3 Å². The SMILES string of the molecule is CC1(C)CC2=C(C[C@H]3COCO[C@@]34C=C[C@@]24C)C1=O. The summed E-state index contributed by atoms with van der Waals surface area (Å²) in [5.41, 5.74) is 1.82. The molecule has 1 fully saturated rings. The number of hydrogen-bond donors (Lipinski definition) is 0. The van der Waals surface area contributed by atoms with Gasteiger partial charge in [-0.3, -0.25) is 4.79 Å². The smallest absolute Gasteiger partial charge is 0.164 e. The summed E-state index contributed by atoms with van der Waals surface area (Å²) in [7, 11) is 0. The first-order valence-electron chi connectivity index (χ1n) is 7.10. The minimum absolute atomic E-state index is 0.0988. The summed E-state index contributed by atoms with van der Waals surface area (Å²) in [5, 5.41) is 0. The van der Waals surface area contributed by atoms with Gasteiger partial charge in [-0.05, 0) is 30.9 Å². The number of rotatable bonds is 0. The van der Waals surface area contributed by atoms with Gasteiger partial charge in [-0.25, -0.2) is 0 Å². The fourth-order valence-electron chi connectivity index (χ4n) is 4.51. The molecule has 3 heteroatoms. The highest BCUT2D eigenvalue weighted by Gasteiger charge is 2.65. The van der Waals surface area contributed by atoms with Crippen LogP contribution < -0.4 is 0 Å². The van der Waals surface area contributed by atoms with Crippen molar-refractivity contribution in [3.63, 3.8) is 0 Å². The van der Waals surface area contributed by atoms with E-state index in [0.717, 1.165) is 18.4 Å². The molecule has 0 saturated carbocycles. The molecule has 19 heavy (non-hydrogen) atoms. The van der Waals surface area contributed by atoms with Gasteiger partial charge < -0.3 is 9.47 Å². The van der Waals surface area contributed by atoms with Crippen molar-refractivity contribution in [1.82, 2.24) is 0 Å². The van der Waals surface area contributed by atoms with Crippen LogP contribution in [-0.2, 0) is 14.3 Å². The molecule has 3 aliphatic carbocycles. The molecule has 0 aromatic carbocycles. The Kier molecular flexibility index (Phi) is 2.00. The summed E-state index contributed by atoms with van der Waals surface area (Å²) >= 11 is 0. The van der Waals surface area contributed by atoms with E-state index in [9.17, 15) is 4.79 Å². The Morgan fingerprint density at radius 2 is 2.05 bits per heavy atom. The van der Waals surface area contributed by atoms with Crippen LogP contribution in [-0.4, -0.2) is 24.8 Å². The predicted molar refractivity (Wildman–Crippen MR) is 70.4 cm³/mol. The molecule has 102 valence electrons. The van der Waals surface area contributed by atoms with E-state index in [1.807, 2.05) is 0 Å². The highest BCUT2D eigenvalue weighted by atomic mass is 16.7. The van der Waals surface area contributed by atoms with E-state index in [0.29, 0.717) is 19.2 Å². The number of Topliss-reactive ketones (excluding diaryl/α,β-unsaturated/α-hetero) is 1. The number of carbonyl (C=O) groups excluding carboxylic acids is 1. The van der Waals surface area contributed by atoms with Crippen molar-refractivity contribution in [3.05, 3.63) is 23.3 Å². The monoisotopic (exact) mass is 260 g/mol. The highest BCUT2D eigenvalue weighted by Crippen LogP contribution is 2.65. The van der Waals surface area contributed by atoms with Gasteiger partial charge in [0.25, 0.3) is 0 Å². The number of hydrogen-bond acceptors (Lipinski definition) is 3. The molecule has 4 rings (SSSR count). The minimum Gasteiger partial charge on any atom is -0.355 e. The molecule has 1 spiro atoms. The zero-order valence-corrected chi connectivity index (χ0v) is 11.8. The number of fused-ring (bicyclic) bond motifs is 1. The first-order chi connectivity index (χ1) is 8.91. The molecule has 4 aliphatic rings. The lowest BCUT2D eigenvalue weighted by atomic mass is 9.51. The standard InChI is InChI=1S/C16H20O3/c1-14(2)7-12-11(13(14)17)6-10-8-18-9-19-16(10)5-4-15(12,16)3/h4-5,10H,6-9H2,1-3H3/t10-,15-,16-/m0/s1. The van der Waals surface area contributed by atoms with Gasteiger partial charge in [0.15, 0.2) is 5.78 Å². The normalized spacial score (nSPS) is 46.5. The van der Waals surface area contributed by atoms with Gasteiger partial charge in [0.2, 0.25) is 0 Å². The Morgan fingerprint density at radius 3 is 2.74 bits per heavy atom. The molecule has 0 aromatic rings. The third-order valence-corrected chi connectivity index (χ3v) is 5.73. The average molecular weight is 260 g/mol. The molecular formula is C16H20O3. The van der Waals surface area contributed by atoms with Crippen molar-refractivity contribution < 1.29 is 14.3 Å². The van der Waals surface area contributed by atoms with Crippen LogP contribution in [0.5, 0.6) is 0 Å². The molecule has 0 amide bonds. The number of ether oxygens (including phenoxy) is 2. The molecule has 0 N–H and O–H groups in total. The Labute approximate surface area is 113 Å². The van der Waals surface area contributed by atoms with Crippen molar-refractivity contribution in [2.75, 3.05) is 13.4 Å². The summed E-state index contributed by atoms with van der Waals surface area (Å²) in [5.74, 6) is 0.621. The number of carbonyl (C=O) groups is 1. The van der Waals surface area contributed by atoms with E-state index < -0.39 is 0 Å². The Balaban J connectivity index is 1.87. The summed E-state index contributed by atoms with van der Waals surface area (Å²) in [6.07, 6.45) is 6.12.